The van der Waals surface area contributed by atoms with Crippen molar-refractivity contribution in [2.45, 2.75) is 38.6 Å². The lowest BCUT2D eigenvalue weighted by Gasteiger charge is -2.25. The summed E-state index contributed by atoms with van der Waals surface area (Å²) in [7, 11) is -0.733. The van der Waals surface area contributed by atoms with Gasteiger partial charge in [-0.25, -0.2) is 0 Å². The van der Waals surface area contributed by atoms with Crippen molar-refractivity contribution < 1.29 is 4.89 Å². The fourth-order valence-corrected chi connectivity index (χ4v) is 2.05. The average molecular weight is 161 g/mol. The second-order valence-electron chi connectivity index (χ2n) is 3.24. The molecule has 0 aromatic heterocycles. The highest BCUT2D eigenvalue weighted by molar-refractivity contribution is 7.26. The Morgan fingerprint density at radius 1 is 1.30 bits per heavy atom. The van der Waals surface area contributed by atoms with Crippen molar-refractivity contribution in [1.29, 1.82) is 0 Å². The Balaban J connectivity index is 2.13. The van der Waals surface area contributed by atoms with Gasteiger partial charge in [-0.1, -0.05) is 6.92 Å². The molecule has 1 aliphatic rings. The van der Waals surface area contributed by atoms with Crippen molar-refractivity contribution in [2.24, 2.45) is 5.92 Å². The summed E-state index contributed by atoms with van der Waals surface area (Å²) in [6, 6.07) is 0.559. The smallest absolute Gasteiger partial charge is 0.0406 e. The van der Waals surface area contributed by atoms with E-state index in [1.807, 2.05) is 0 Å². The van der Waals surface area contributed by atoms with E-state index in [1.165, 1.54) is 25.7 Å². The Morgan fingerprint density at radius 2 is 1.90 bits per heavy atom. The molecule has 3 heteroatoms. The molecule has 0 spiro atoms. The molecule has 10 heavy (non-hydrogen) atoms. The van der Waals surface area contributed by atoms with E-state index in [9.17, 15) is 4.89 Å². The second-order valence-corrected chi connectivity index (χ2v) is 3.81. The lowest BCUT2D eigenvalue weighted by Crippen LogP contribution is -2.28. The predicted molar refractivity (Wildman–Crippen MR) is 44.3 cm³/mol. The van der Waals surface area contributed by atoms with Crippen molar-refractivity contribution in [3.63, 3.8) is 0 Å². The number of hydrogen-bond donors (Lipinski definition) is 1. The third-order valence-corrected chi connectivity index (χ3v) is 2.93. The fraction of sp³-hybridized carbons (Fsp3) is 1.00. The summed E-state index contributed by atoms with van der Waals surface area (Å²) in [5, 5.41) is 3.03. The van der Waals surface area contributed by atoms with Crippen molar-refractivity contribution in [2.75, 3.05) is 0 Å². The lowest BCUT2D eigenvalue weighted by atomic mass is 9.88. The summed E-state index contributed by atoms with van der Waals surface area (Å²) in [6.45, 7) is 2.29. The van der Waals surface area contributed by atoms with Crippen LogP contribution in [0.15, 0.2) is 0 Å². The summed E-state index contributed by atoms with van der Waals surface area (Å²) in [6.07, 6.45) is 5.04. The molecule has 0 radical (unpaired) electrons. The van der Waals surface area contributed by atoms with Gasteiger partial charge in [0, 0.05) is 15.0 Å². The molecule has 60 valence electrons. The predicted octanol–water partition coefficient (Wildman–Crippen LogP) is 0.756. The first-order chi connectivity index (χ1) is 4.83. The van der Waals surface area contributed by atoms with Gasteiger partial charge in [-0.2, -0.15) is 5.09 Å². The molecule has 0 heterocycles. The highest BCUT2D eigenvalue weighted by Gasteiger charge is 2.17. The third kappa shape index (κ3) is 2.53. The number of hydrogen-bond acceptors (Lipinski definition) is 2. The minimum atomic E-state index is -0.733. The second kappa shape index (κ2) is 4.27. The van der Waals surface area contributed by atoms with Gasteiger partial charge in [-0.15, -0.1) is 0 Å². The maximum Gasteiger partial charge on any atom is 0.0406 e. The van der Waals surface area contributed by atoms with Crippen molar-refractivity contribution in [1.82, 2.24) is 5.09 Å². The molecule has 0 aromatic carbocycles. The van der Waals surface area contributed by atoms with E-state index < -0.39 is 8.96 Å². The van der Waals surface area contributed by atoms with E-state index in [0.717, 1.165) is 5.92 Å². The van der Waals surface area contributed by atoms with Gasteiger partial charge in [0.1, 0.15) is 0 Å². The molecule has 1 unspecified atom stereocenters. The highest BCUT2D eigenvalue weighted by Crippen LogP contribution is 2.24. The van der Waals surface area contributed by atoms with Crippen LogP contribution in [0.1, 0.15) is 32.6 Å². The summed E-state index contributed by atoms with van der Waals surface area (Å²) in [5.41, 5.74) is 0. The van der Waals surface area contributed by atoms with E-state index in [4.69, 9.17) is 0 Å². The van der Waals surface area contributed by atoms with Gasteiger partial charge < -0.3 is 4.89 Å². The van der Waals surface area contributed by atoms with E-state index in [-0.39, 0.29) is 0 Å². The maximum atomic E-state index is 10.3. The molecule has 0 aromatic rings. The zero-order valence-corrected chi connectivity index (χ0v) is 7.62. The van der Waals surface area contributed by atoms with Gasteiger partial charge in [0.2, 0.25) is 0 Å². The quantitative estimate of drug-likeness (QED) is 0.607. The Kier molecular flexibility index (Phi) is 3.61. The molecule has 0 saturated heterocycles. The Hall–Kier alpha value is 0.350. The molecule has 1 rings (SSSR count). The van der Waals surface area contributed by atoms with Crippen molar-refractivity contribution in [3.8, 4) is 0 Å². The van der Waals surface area contributed by atoms with E-state index in [0.29, 0.717) is 6.04 Å². The first-order valence-electron chi connectivity index (χ1n) is 4.02. The monoisotopic (exact) mass is 161 g/mol. The number of rotatable bonds is 2. The van der Waals surface area contributed by atoms with E-state index >= 15 is 0 Å². The number of nitrogens with one attached hydrogen (secondary N) is 1. The highest BCUT2D eigenvalue weighted by atomic mass is 31.1. The first kappa shape index (κ1) is 8.45. The average Bonchev–Trinajstić information content (AvgIpc) is 1.95. The van der Waals surface area contributed by atoms with Crippen LogP contribution < -0.4 is 9.98 Å². The molecule has 0 aliphatic heterocycles. The van der Waals surface area contributed by atoms with Crippen LogP contribution in [0.3, 0.4) is 0 Å². The molecular weight excluding hydrogens is 145 g/mol. The third-order valence-electron chi connectivity index (χ3n) is 2.32. The van der Waals surface area contributed by atoms with Crippen LogP contribution in [0.4, 0.5) is 0 Å². The zero-order valence-electron chi connectivity index (χ0n) is 6.47. The van der Waals surface area contributed by atoms with Crippen LogP contribution in [-0.2, 0) is 0 Å². The minimum absolute atomic E-state index is 0.559. The SMILES string of the molecule is CC1CCC(N[PH2+][O-])CC1. The molecule has 2 nitrogen and oxygen atoms in total. The molecule has 1 aliphatic carbocycles. The Labute approximate surface area is 64.3 Å². The molecule has 1 N–H and O–H groups in total. The van der Waals surface area contributed by atoms with Crippen LogP contribution in [-0.4, -0.2) is 6.04 Å². The summed E-state index contributed by atoms with van der Waals surface area (Å²) >= 11 is 0. The zero-order chi connectivity index (χ0) is 7.40. The Bertz CT molecular complexity index is 91.6. The van der Waals surface area contributed by atoms with Crippen LogP contribution in [0, 0.1) is 5.92 Å². The lowest BCUT2D eigenvalue weighted by molar-refractivity contribution is -0.153. The van der Waals surface area contributed by atoms with Crippen LogP contribution in [0.5, 0.6) is 0 Å². The first-order valence-corrected chi connectivity index (χ1v) is 5.07. The summed E-state index contributed by atoms with van der Waals surface area (Å²) < 4.78 is 0. The fourth-order valence-electron chi connectivity index (χ4n) is 1.52. The minimum Gasteiger partial charge on any atom is -0.669 e. The van der Waals surface area contributed by atoms with E-state index in [1.54, 1.807) is 0 Å². The van der Waals surface area contributed by atoms with Crippen molar-refractivity contribution in [3.05, 3.63) is 0 Å². The molecule has 1 atom stereocenters. The van der Waals surface area contributed by atoms with E-state index in [2.05, 4.69) is 12.0 Å². The standard InChI is InChI=1S/C7H16NOP/c1-6-2-4-7(5-3-6)8-10-9/h6-8H,2-5,10H2,1H3. The summed E-state index contributed by atoms with van der Waals surface area (Å²) in [4.78, 5) is 10.3. The van der Waals surface area contributed by atoms with Gasteiger partial charge in [0.05, 0.1) is 0 Å². The molecule has 0 bridgehead atoms. The van der Waals surface area contributed by atoms with Gasteiger partial charge in [-0.3, -0.25) is 0 Å². The molecule has 0 amide bonds. The molecule has 1 saturated carbocycles. The van der Waals surface area contributed by atoms with Gasteiger partial charge in [-0.05, 0) is 31.6 Å². The summed E-state index contributed by atoms with van der Waals surface area (Å²) in [5.74, 6) is 0.889. The topological polar surface area (TPSA) is 35.1 Å². The van der Waals surface area contributed by atoms with Crippen molar-refractivity contribution >= 4 is 8.96 Å². The Morgan fingerprint density at radius 3 is 2.40 bits per heavy atom. The normalized spacial score (nSPS) is 35.4. The van der Waals surface area contributed by atoms with Crippen LogP contribution in [0.25, 0.3) is 0 Å². The van der Waals surface area contributed by atoms with Crippen LogP contribution >= 0.6 is 8.96 Å². The largest absolute Gasteiger partial charge is 0.669 e. The van der Waals surface area contributed by atoms with Crippen LogP contribution in [0.2, 0.25) is 0 Å². The van der Waals surface area contributed by atoms with Gasteiger partial charge in [0.15, 0.2) is 0 Å². The maximum absolute atomic E-state index is 10.3. The van der Waals surface area contributed by atoms with Gasteiger partial charge in [0.25, 0.3) is 0 Å². The van der Waals surface area contributed by atoms with Gasteiger partial charge >= 0.3 is 0 Å². The molecule has 1 fully saturated rings. The molecular formula is C7H16NOP.